The zero-order valence-electron chi connectivity index (χ0n) is 8.71. The van der Waals surface area contributed by atoms with Crippen molar-refractivity contribution in [1.29, 1.82) is 0 Å². The third-order valence-corrected chi connectivity index (χ3v) is 2.35. The van der Waals surface area contributed by atoms with E-state index in [9.17, 15) is 4.79 Å². The minimum absolute atomic E-state index is 0.00616. The zero-order chi connectivity index (χ0) is 10.7. The van der Waals surface area contributed by atoms with E-state index >= 15 is 0 Å². The van der Waals surface area contributed by atoms with Gasteiger partial charge in [-0.3, -0.25) is 4.79 Å². The van der Waals surface area contributed by atoms with Gasteiger partial charge in [0.1, 0.15) is 0 Å². The van der Waals surface area contributed by atoms with E-state index in [0.29, 0.717) is 5.56 Å². The summed E-state index contributed by atoms with van der Waals surface area (Å²) in [4.78, 5) is 14.7. The summed E-state index contributed by atoms with van der Waals surface area (Å²) in [5.74, 6) is -0.00616. The number of carbonyl (C=O) groups excluding carboxylic acids is 1. The second-order valence-electron chi connectivity index (χ2n) is 3.54. The van der Waals surface area contributed by atoms with Gasteiger partial charge in [-0.25, -0.2) is 0 Å². The molecule has 0 aliphatic carbocycles. The number of amides is 1. The van der Waals surface area contributed by atoms with Crippen molar-refractivity contribution in [2.24, 2.45) is 0 Å². The van der Waals surface area contributed by atoms with Gasteiger partial charge in [0.25, 0.3) is 5.91 Å². The number of rotatable bonds is 3. The number of fused-ring (bicyclic) bond motifs is 1. The number of aromatic nitrogens is 1. The standard InChI is InChI=1S/C12H14N2O/c1-2-6-14-12(15)10-4-3-9-5-7-13-11(9)8-10/h3-5,7-8,13H,2,6H2,1H3,(H,14,15). The number of carbonyl (C=O) groups is 1. The molecule has 0 saturated heterocycles. The van der Waals surface area contributed by atoms with E-state index in [4.69, 9.17) is 0 Å². The molecular formula is C12H14N2O. The van der Waals surface area contributed by atoms with Gasteiger partial charge in [-0.1, -0.05) is 13.0 Å². The summed E-state index contributed by atoms with van der Waals surface area (Å²) in [7, 11) is 0. The molecule has 15 heavy (non-hydrogen) atoms. The zero-order valence-corrected chi connectivity index (χ0v) is 8.71. The first-order valence-electron chi connectivity index (χ1n) is 5.16. The van der Waals surface area contributed by atoms with Crippen LogP contribution in [0.4, 0.5) is 0 Å². The molecule has 0 aliphatic heterocycles. The molecule has 1 aromatic carbocycles. The second-order valence-corrected chi connectivity index (χ2v) is 3.54. The Hall–Kier alpha value is -1.77. The first-order chi connectivity index (χ1) is 7.31. The molecule has 0 fully saturated rings. The number of aromatic amines is 1. The molecule has 2 aromatic rings. The first-order valence-corrected chi connectivity index (χ1v) is 5.16. The Morgan fingerprint density at radius 3 is 3.07 bits per heavy atom. The third kappa shape index (κ3) is 2.01. The van der Waals surface area contributed by atoms with Crippen molar-refractivity contribution < 1.29 is 4.79 Å². The van der Waals surface area contributed by atoms with Crippen LogP contribution in [0.3, 0.4) is 0 Å². The molecule has 0 atom stereocenters. The molecule has 3 heteroatoms. The quantitative estimate of drug-likeness (QED) is 0.788. The van der Waals surface area contributed by atoms with E-state index in [0.717, 1.165) is 23.9 Å². The Morgan fingerprint density at radius 2 is 2.27 bits per heavy atom. The monoisotopic (exact) mass is 202 g/mol. The third-order valence-electron chi connectivity index (χ3n) is 2.35. The van der Waals surface area contributed by atoms with E-state index in [1.165, 1.54) is 0 Å². The summed E-state index contributed by atoms with van der Waals surface area (Å²) in [6.07, 6.45) is 2.83. The normalized spacial score (nSPS) is 10.5. The van der Waals surface area contributed by atoms with E-state index in [1.54, 1.807) is 0 Å². The molecule has 1 aromatic heterocycles. The lowest BCUT2D eigenvalue weighted by Crippen LogP contribution is -2.23. The van der Waals surface area contributed by atoms with Crippen LogP contribution in [0.15, 0.2) is 30.5 Å². The van der Waals surface area contributed by atoms with E-state index in [-0.39, 0.29) is 5.91 Å². The molecule has 3 nitrogen and oxygen atoms in total. The van der Waals surface area contributed by atoms with Crippen molar-refractivity contribution in [3.05, 3.63) is 36.0 Å². The Morgan fingerprint density at radius 1 is 1.40 bits per heavy atom. The maximum absolute atomic E-state index is 11.6. The molecule has 0 spiro atoms. The molecule has 2 rings (SSSR count). The minimum Gasteiger partial charge on any atom is -0.361 e. The molecule has 0 aliphatic rings. The summed E-state index contributed by atoms with van der Waals surface area (Å²) in [6, 6.07) is 7.66. The Balaban J connectivity index is 2.23. The van der Waals surface area contributed by atoms with Gasteiger partial charge in [0, 0.05) is 23.8 Å². The van der Waals surface area contributed by atoms with Crippen LogP contribution in [-0.2, 0) is 0 Å². The van der Waals surface area contributed by atoms with Crippen molar-refractivity contribution in [1.82, 2.24) is 10.3 Å². The maximum Gasteiger partial charge on any atom is 0.251 e. The van der Waals surface area contributed by atoms with Crippen LogP contribution in [0.1, 0.15) is 23.7 Å². The van der Waals surface area contributed by atoms with Gasteiger partial charge in [0.2, 0.25) is 0 Å². The van der Waals surface area contributed by atoms with Crippen molar-refractivity contribution >= 4 is 16.8 Å². The van der Waals surface area contributed by atoms with Crippen molar-refractivity contribution in [2.75, 3.05) is 6.54 Å². The predicted octanol–water partition coefficient (Wildman–Crippen LogP) is 2.31. The number of hydrogen-bond acceptors (Lipinski definition) is 1. The van der Waals surface area contributed by atoms with Crippen LogP contribution in [0.5, 0.6) is 0 Å². The van der Waals surface area contributed by atoms with Gasteiger partial charge in [0.05, 0.1) is 0 Å². The number of benzene rings is 1. The van der Waals surface area contributed by atoms with Crippen LogP contribution < -0.4 is 5.32 Å². The lowest BCUT2D eigenvalue weighted by molar-refractivity contribution is 0.0954. The molecule has 0 unspecified atom stereocenters. The highest BCUT2D eigenvalue weighted by Crippen LogP contribution is 2.13. The van der Waals surface area contributed by atoms with Gasteiger partial charge in [-0.2, -0.15) is 0 Å². The van der Waals surface area contributed by atoms with Gasteiger partial charge in [-0.05, 0) is 30.0 Å². The molecule has 1 heterocycles. The topological polar surface area (TPSA) is 44.9 Å². The van der Waals surface area contributed by atoms with Gasteiger partial charge >= 0.3 is 0 Å². The number of hydrogen-bond donors (Lipinski definition) is 2. The fraction of sp³-hybridized carbons (Fsp3) is 0.250. The van der Waals surface area contributed by atoms with E-state index in [1.807, 2.05) is 37.4 Å². The predicted molar refractivity (Wildman–Crippen MR) is 60.9 cm³/mol. The van der Waals surface area contributed by atoms with Gasteiger partial charge < -0.3 is 10.3 Å². The van der Waals surface area contributed by atoms with Crippen LogP contribution in [0, 0.1) is 0 Å². The van der Waals surface area contributed by atoms with Crippen LogP contribution in [0.2, 0.25) is 0 Å². The fourth-order valence-corrected chi connectivity index (χ4v) is 1.53. The summed E-state index contributed by atoms with van der Waals surface area (Å²) in [5, 5.41) is 3.98. The minimum atomic E-state index is -0.00616. The molecule has 78 valence electrons. The van der Waals surface area contributed by atoms with Crippen molar-refractivity contribution in [3.63, 3.8) is 0 Å². The summed E-state index contributed by atoms with van der Waals surface area (Å²) >= 11 is 0. The molecule has 0 bridgehead atoms. The van der Waals surface area contributed by atoms with Crippen molar-refractivity contribution in [3.8, 4) is 0 Å². The maximum atomic E-state index is 11.6. The highest BCUT2D eigenvalue weighted by atomic mass is 16.1. The van der Waals surface area contributed by atoms with E-state index in [2.05, 4.69) is 10.3 Å². The summed E-state index contributed by atoms with van der Waals surface area (Å²) in [5.41, 5.74) is 1.71. The molecule has 0 radical (unpaired) electrons. The second kappa shape index (κ2) is 4.17. The largest absolute Gasteiger partial charge is 0.361 e. The van der Waals surface area contributed by atoms with Crippen LogP contribution in [0.25, 0.3) is 10.9 Å². The van der Waals surface area contributed by atoms with Gasteiger partial charge in [0.15, 0.2) is 0 Å². The molecule has 0 saturated carbocycles. The SMILES string of the molecule is CCCNC(=O)c1ccc2cc[nH]c2c1. The Kier molecular flexibility index (Phi) is 2.72. The van der Waals surface area contributed by atoms with Gasteiger partial charge in [-0.15, -0.1) is 0 Å². The lowest BCUT2D eigenvalue weighted by atomic mass is 10.1. The molecule has 1 amide bonds. The molecule has 2 N–H and O–H groups in total. The average Bonchev–Trinajstić information content (AvgIpc) is 2.72. The van der Waals surface area contributed by atoms with E-state index < -0.39 is 0 Å². The fourth-order valence-electron chi connectivity index (χ4n) is 1.53. The number of nitrogens with one attached hydrogen (secondary N) is 2. The highest BCUT2D eigenvalue weighted by Gasteiger charge is 2.05. The smallest absolute Gasteiger partial charge is 0.251 e. The Labute approximate surface area is 88.5 Å². The van der Waals surface area contributed by atoms with Crippen LogP contribution >= 0.6 is 0 Å². The number of H-pyrrole nitrogens is 1. The molecular weight excluding hydrogens is 188 g/mol. The first kappa shape index (κ1) is 9.77. The summed E-state index contributed by atoms with van der Waals surface area (Å²) in [6.45, 7) is 2.76. The summed E-state index contributed by atoms with van der Waals surface area (Å²) < 4.78 is 0. The highest BCUT2D eigenvalue weighted by molar-refractivity contribution is 5.97. The van der Waals surface area contributed by atoms with Crippen LogP contribution in [-0.4, -0.2) is 17.4 Å². The Bertz CT molecular complexity index is 473. The lowest BCUT2D eigenvalue weighted by Gasteiger charge is -2.03. The van der Waals surface area contributed by atoms with Crippen molar-refractivity contribution in [2.45, 2.75) is 13.3 Å². The average molecular weight is 202 g/mol.